The van der Waals surface area contributed by atoms with Gasteiger partial charge in [0.1, 0.15) is 11.2 Å². The summed E-state index contributed by atoms with van der Waals surface area (Å²) < 4.78 is 2.44. The van der Waals surface area contributed by atoms with E-state index in [1.807, 2.05) is 0 Å². The molecule has 242 valence electrons. The summed E-state index contributed by atoms with van der Waals surface area (Å²) in [5.74, 6) is 1.49. The number of para-hydroxylation sites is 1. The van der Waals surface area contributed by atoms with Gasteiger partial charge in [-0.2, -0.15) is 0 Å². The molecule has 0 N–H and O–H groups in total. The van der Waals surface area contributed by atoms with E-state index < -0.39 is 5.41 Å². The number of imidazole rings is 1. The largest absolute Gasteiger partial charge is 0.295 e. The zero-order valence-corrected chi connectivity index (χ0v) is 28.4. The molecule has 1 spiro atoms. The van der Waals surface area contributed by atoms with Gasteiger partial charge in [-0.05, 0) is 89.5 Å². The molecule has 1 aromatic heterocycles. The van der Waals surface area contributed by atoms with E-state index in [-0.39, 0.29) is 11.8 Å². The first-order valence-electron chi connectivity index (χ1n) is 18.3. The van der Waals surface area contributed by atoms with Crippen molar-refractivity contribution in [3.05, 3.63) is 226 Å². The predicted octanol–water partition coefficient (Wildman–Crippen LogP) is 9.63. The zero-order valence-electron chi connectivity index (χ0n) is 28.4. The van der Waals surface area contributed by atoms with E-state index in [0.29, 0.717) is 0 Å². The molecule has 1 aliphatic heterocycles. The third-order valence-corrected chi connectivity index (χ3v) is 12.2. The van der Waals surface area contributed by atoms with Gasteiger partial charge in [-0.1, -0.05) is 164 Å². The van der Waals surface area contributed by atoms with E-state index in [2.05, 4.69) is 187 Å². The number of rotatable bonds is 2. The minimum Gasteiger partial charge on any atom is -0.295 e. The highest BCUT2D eigenvalue weighted by Crippen LogP contribution is 2.60. The monoisotopic (exact) mass is 660 g/mol. The lowest BCUT2D eigenvalue weighted by Crippen LogP contribution is -2.40. The fraction of sp³-hybridized carbons (Fsp3) is 0.0600. The SMILES string of the molecule is C1=CC2C(c3ccc4c(c3)nc3n4-c4ccccc4C34c3ccccc3-c3ccccc34)=c3ccccc3=C(c3cccc4ccccc34)C2C=C1. The molecule has 4 aliphatic rings. The smallest absolute Gasteiger partial charge is 0.134 e. The molecule has 0 saturated heterocycles. The first-order chi connectivity index (χ1) is 25.8. The van der Waals surface area contributed by atoms with Crippen LogP contribution in [0.15, 0.2) is 182 Å². The zero-order chi connectivity index (χ0) is 34.0. The lowest BCUT2D eigenvalue weighted by Gasteiger charge is -2.33. The summed E-state index contributed by atoms with van der Waals surface area (Å²) in [5.41, 5.74) is 14.8. The quantitative estimate of drug-likeness (QED) is 0.181. The number of nitrogens with zero attached hydrogens (tertiary/aromatic N) is 2. The average molecular weight is 661 g/mol. The van der Waals surface area contributed by atoms with E-state index in [0.717, 1.165) is 16.9 Å². The molecular weight excluding hydrogens is 629 g/mol. The van der Waals surface area contributed by atoms with Crippen LogP contribution in [0.2, 0.25) is 0 Å². The molecule has 2 nitrogen and oxygen atoms in total. The Hall–Kier alpha value is -6.51. The third kappa shape index (κ3) is 3.47. The van der Waals surface area contributed by atoms with E-state index in [4.69, 9.17) is 4.98 Å². The molecule has 2 heterocycles. The molecule has 0 amide bonds. The number of aromatic nitrogens is 2. The van der Waals surface area contributed by atoms with Crippen molar-refractivity contribution in [1.82, 2.24) is 9.55 Å². The fourth-order valence-corrected chi connectivity index (χ4v) is 10.2. The first kappa shape index (κ1) is 28.2. The van der Waals surface area contributed by atoms with Gasteiger partial charge in [0.25, 0.3) is 0 Å². The highest BCUT2D eigenvalue weighted by molar-refractivity contribution is 5.97. The summed E-state index contributed by atoms with van der Waals surface area (Å²) in [6, 6.07) is 58.4. The minimum atomic E-state index is -0.474. The second-order valence-electron chi connectivity index (χ2n) is 14.6. The number of allylic oxidation sites excluding steroid dienone is 4. The lowest BCUT2D eigenvalue weighted by atomic mass is 9.69. The van der Waals surface area contributed by atoms with Crippen LogP contribution in [-0.4, -0.2) is 9.55 Å². The van der Waals surface area contributed by atoms with Crippen molar-refractivity contribution in [2.24, 2.45) is 11.8 Å². The summed E-state index contributed by atoms with van der Waals surface area (Å²) in [6.45, 7) is 0. The van der Waals surface area contributed by atoms with Crippen molar-refractivity contribution in [3.8, 4) is 16.8 Å². The van der Waals surface area contributed by atoms with Crippen LogP contribution in [-0.2, 0) is 5.41 Å². The van der Waals surface area contributed by atoms with Crippen molar-refractivity contribution in [2.75, 3.05) is 0 Å². The fourth-order valence-electron chi connectivity index (χ4n) is 10.2. The first-order valence-corrected chi connectivity index (χ1v) is 18.3. The highest BCUT2D eigenvalue weighted by Gasteiger charge is 2.54. The lowest BCUT2D eigenvalue weighted by molar-refractivity contribution is 0.687. The van der Waals surface area contributed by atoms with Gasteiger partial charge in [0.05, 0.1) is 16.7 Å². The summed E-state index contributed by atoms with van der Waals surface area (Å²) in [6.07, 6.45) is 9.29. The Bertz CT molecular complexity index is 2990. The molecule has 52 heavy (non-hydrogen) atoms. The second kappa shape index (κ2) is 10.3. The topological polar surface area (TPSA) is 17.8 Å². The number of benzene rings is 7. The molecule has 2 heteroatoms. The summed E-state index contributed by atoms with van der Waals surface area (Å²) in [4.78, 5) is 5.67. The molecular formula is C50H32N2. The van der Waals surface area contributed by atoms with Crippen LogP contribution in [0.3, 0.4) is 0 Å². The van der Waals surface area contributed by atoms with Crippen LogP contribution >= 0.6 is 0 Å². The highest BCUT2D eigenvalue weighted by atomic mass is 15.1. The van der Waals surface area contributed by atoms with E-state index in [9.17, 15) is 0 Å². The molecule has 0 radical (unpaired) electrons. The Labute approximate surface area is 301 Å². The number of hydrogen-bond acceptors (Lipinski definition) is 1. The summed E-state index contributed by atoms with van der Waals surface area (Å²) in [7, 11) is 0. The third-order valence-electron chi connectivity index (χ3n) is 12.2. The van der Waals surface area contributed by atoms with Crippen LogP contribution in [0, 0.1) is 11.8 Å². The van der Waals surface area contributed by atoms with Crippen molar-refractivity contribution in [2.45, 2.75) is 5.41 Å². The van der Waals surface area contributed by atoms with Gasteiger partial charge in [0.15, 0.2) is 0 Å². The number of hydrogen-bond donors (Lipinski definition) is 0. The molecule has 8 aromatic rings. The minimum absolute atomic E-state index is 0.196. The molecule has 3 aliphatic carbocycles. The van der Waals surface area contributed by atoms with Crippen LogP contribution in [0.4, 0.5) is 0 Å². The Morgan fingerprint density at radius 1 is 0.500 bits per heavy atom. The number of fused-ring (bicyclic) bond motifs is 15. The summed E-state index contributed by atoms with van der Waals surface area (Å²) in [5, 5.41) is 5.20. The Kier molecular flexibility index (Phi) is 5.58. The molecule has 0 saturated carbocycles. The van der Waals surface area contributed by atoms with Gasteiger partial charge < -0.3 is 0 Å². The molecule has 12 rings (SSSR count). The molecule has 0 bridgehead atoms. The standard InChI is InChI=1S/C50H32N2/c1-2-16-33-31(14-1)15-13-23-36(33)48-39-21-5-3-19-37(39)47(38-20-4-6-22-40(38)48)32-28-29-46-44(30-32)51-49-50(43-26-11-12-27-45(43)52(46)49)41-24-9-7-17-34(41)35-18-8-10-25-42(35)50/h1-30,37,39H. The Morgan fingerprint density at radius 2 is 1.10 bits per heavy atom. The van der Waals surface area contributed by atoms with E-state index >= 15 is 0 Å². The molecule has 0 fully saturated rings. The Balaban J connectivity index is 1.15. The van der Waals surface area contributed by atoms with Crippen molar-refractivity contribution in [3.63, 3.8) is 0 Å². The summed E-state index contributed by atoms with van der Waals surface area (Å²) >= 11 is 0. The van der Waals surface area contributed by atoms with Gasteiger partial charge in [-0.25, -0.2) is 4.98 Å². The maximum Gasteiger partial charge on any atom is 0.134 e. The van der Waals surface area contributed by atoms with Gasteiger partial charge >= 0.3 is 0 Å². The van der Waals surface area contributed by atoms with Crippen molar-refractivity contribution >= 4 is 33.0 Å². The molecule has 2 atom stereocenters. The Morgan fingerprint density at radius 3 is 1.88 bits per heavy atom. The van der Waals surface area contributed by atoms with Crippen molar-refractivity contribution < 1.29 is 0 Å². The van der Waals surface area contributed by atoms with Gasteiger partial charge in [-0.15, -0.1) is 0 Å². The molecule has 7 aromatic carbocycles. The van der Waals surface area contributed by atoms with Crippen molar-refractivity contribution in [1.29, 1.82) is 0 Å². The van der Waals surface area contributed by atoms with E-state index in [1.54, 1.807) is 0 Å². The van der Waals surface area contributed by atoms with Crippen LogP contribution in [0.5, 0.6) is 0 Å². The van der Waals surface area contributed by atoms with Gasteiger partial charge in [0, 0.05) is 11.8 Å². The van der Waals surface area contributed by atoms with Crippen LogP contribution < -0.4 is 10.4 Å². The van der Waals surface area contributed by atoms with Crippen LogP contribution in [0.1, 0.15) is 33.6 Å². The normalized spacial score (nSPS) is 18.3. The van der Waals surface area contributed by atoms with Crippen LogP contribution in [0.25, 0.3) is 49.8 Å². The molecule has 2 unspecified atom stereocenters. The van der Waals surface area contributed by atoms with E-state index in [1.165, 1.54) is 77.0 Å². The maximum atomic E-state index is 5.67. The predicted molar refractivity (Wildman–Crippen MR) is 212 cm³/mol. The maximum absolute atomic E-state index is 5.67. The van der Waals surface area contributed by atoms with Gasteiger partial charge in [-0.3, -0.25) is 4.57 Å². The average Bonchev–Trinajstić information content (AvgIpc) is 3.83. The van der Waals surface area contributed by atoms with Gasteiger partial charge in [0.2, 0.25) is 0 Å². The second-order valence-corrected chi connectivity index (χ2v) is 14.6.